The summed E-state index contributed by atoms with van der Waals surface area (Å²) >= 11 is 5.71. The van der Waals surface area contributed by atoms with Crippen molar-refractivity contribution in [3.63, 3.8) is 0 Å². The first kappa shape index (κ1) is 7.23. The quantitative estimate of drug-likeness (QED) is 0.559. The zero-order chi connectivity index (χ0) is 7.72. The van der Waals surface area contributed by atoms with Crippen molar-refractivity contribution in [2.24, 2.45) is 0 Å². The Labute approximate surface area is 65.3 Å². The van der Waals surface area contributed by atoms with Gasteiger partial charge in [-0.25, -0.2) is 4.79 Å². The summed E-state index contributed by atoms with van der Waals surface area (Å²) in [6.45, 7) is 0. The Bertz CT molecular complexity index is 313. The first-order valence-electron chi connectivity index (χ1n) is 2.33. The predicted molar refractivity (Wildman–Crippen MR) is 40.9 cm³/mol. The molecule has 4 N–H and O–H groups in total. The molecule has 0 aromatic carbocycles. The molecule has 0 fully saturated rings. The minimum Gasteiger partial charge on any atom is -0.476 e. The molecule has 1 heterocycles. The van der Waals surface area contributed by atoms with E-state index in [4.69, 9.17) is 10.8 Å². The van der Waals surface area contributed by atoms with Gasteiger partial charge >= 0.3 is 5.97 Å². The second-order valence-electron chi connectivity index (χ2n) is 1.56. The molecule has 0 aliphatic rings. The van der Waals surface area contributed by atoms with Crippen LogP contribution in [0.3, 0.4) is 0 Å². The van der Waals surface area contributed by atoms with Crippen LogP contribution in [0.25, 0.3) is 0 Å². The number of aromatic amines is 1. The molecule has 0 saturated carbocycles. The molecule has 1 rings (SSSR count). The maximum atomic E-state index is 10.3. The van der Waals surface area contributed by atoms with Crippen LogP contribution in [0.15, 0.2) is 0 Å². The van der Waals surface area contributed by atoms with E-state index in [0.717, 1.165) is 11.3 Å². The third kappa shape index (κ3) is 1.17. The van der Waals surface area contributed by atoms with Crippen LogP contribution in [0.2, 0.25) is 0 Å². The van der Waals surface area contributed by atoms with E-state index in [1.54, 1.807) is 0 Å². The Morgan fingerprint density at radius 1 is 1.80 bits per heavy atom. The van der Waals surface area contributed by atoms with Crippen molar-refractivity contribution in [1.29, 1.82) is 0 Å². The van der Waals surface area contributed by atoms with Gasteiger partial charge in [0.25, 0.3) is 0 Å². The summed E-state index contributed by atoms with van der Waals surface area (Å²) in [5, 5.41) is 8.65. The number of thiazole rings is 1. The number of nitrogens with one attached hydrogen (secondary N) is 1. The number of nitrogens with two attached hydrogens (primary N) is 1. The van der Waals surface area contributed by atoms with E-state index in [1.807, 2.05) is 0 Å². The average molecular weight is 176 g/mol. The fourth-order valence-electron chi connectivity index (χ4n) is 0.499. The summed E-state index contributed by atoms with van der Waals surface area (Å²) in [4.78, 5) is 12.7. The maximum absolute atomic E-state index is 10.3. The first-order valence-corrected chi connectivity index (χ1v) is 3.55. The predicted octanol–water partition coefficient (Wildman–Crippen LogP) is 1.09. The summed E-state index contributed by atoms with van der Waals surface area (Å²) in [6, 6.07) is 0. The van der Waals surface area contributed by atoms with E-state index < -0.39 is 5.97 Å². The van der Waals surface area contributed by atoms with Gasteiger partial charge in [-0.1, -0.05) is 11.3 Å². The van der Waals surface area contributed by atoms with Crippen LogP contribution >= 0.6 is 23.6 Å². The maximum Gasteiger partial charge on any atom is 0.355 e. The molecular weight excluding hydrogens is 172 g/mol. The highest BCUT2D eigenvalue weighted by atomic mass is 32.1. The number of anilines is 1. The summed E-state index contributed by atoms with van der Waals surface area (Å²) in [6.07, 6.45) is 0. The molecule has 0 amide bonds. The summed E-state index contributed by atoms with van der Waals surface area (Å²) < 4.78 is 0.384. The van der Waals surface area contributed by atoms with E-state index in [9.17, 15) is 4.79 Å². The van der Waals surface area contributed by atoms with Crippen LogP contribution in [0, 0.1) is 3.95 Å². The Morgan fingerprint density at radius 3 is 2.60 bits per heavy atom. The molecule has 10 heavy (non-hydrogen) atoms. The second kappa shape index (κ2) is 2.39. The highest BCUT2D eigenvalue weighted by molar-refractivity contribution is 7.73. The van der Waals surface area contributed by atoms with Gasteiger partial charge in [0.15, 0.2) is 9.65 Å². The molecule has 0 aliphatic carbocycles. The number of H-pyrrole nitrogens is 1. The molecule has 0 spiro atoms. The monoisotopic (exact) mass is 176 g/mol. The Balaban J connectivity index is 3.28. The Morgan fingerprint density at radius 2 is 2.40 bits per heavy atom. The number of nitrogen functional groups attached to an aromatic ring is 1. The van der Waals surface area contributed by atoms with Gasteiger partial charge in [0.1, 0.15) is 5.00 Å². The molecule has 6 heteroatoms. The fraction of sp³-hybridized carbons (Fsp3) is 0. The third-order valence-corrected chi connectivity index (χ3v) is 1.95. The van der Waals surface area contributed by atoms with Gasteiger partial charge in [-0.3, -0.25) is 0 Å². The van der Waals surface area contributed by atoms with E-state index in [0.29, 0.717) is 3.95 Å². The largest absolute Gasteiger partial charge is 0.476 e. The minimum absolute atomic E-state index is 0.0185. The smallest absolute Gasteiger partial charge is 0.355 e. The van der Waals surface area contributed by atoms with Crippen LogP contribution in [0.5, 0.6) is 0 Å². The molecule has 0 radical (unpaired) electrons. The number of carbonyl (C=O) groups is 1. The van der Waals surface area contributed by atoms with Gasteiger partial charge in [0, 0.05) is 0 Å². The molecule has 0 bridgehead atoms. The van der Waals surface area contributed by atoms with Gasteiger partial charge in [0.2, 0.25) is 0 Å². The number of aromatic nitrogens is 1. The van der Waals surface area contributed by atoms with Gasteiger partial charge in [-0.15, -0.1) is 0 Å². The van der Waals surface area contributed by atoms with E-state index in [-0.39, 0.29) is 10.7 Å². The van der Waals surface area contributed by atoms with Crippen LogP contribution in [0.1, 0.15) is 10.5 Å². The molecular formula is C4H4N2O2S2. The lowest BCUT2D eigenvalue weighted by Gasteiger charge is -1.86. The molecule has 1 aromatic heterocycles. The topological polar surface area (TPSA) is 79.1 Å². The third-order valence-electron chi connectivity index (χ3n) is 0.890. The van der Waals surface area contributed by atoms with Crippen LogP contribution in [-0.2, 0) is 0 Å². The van der Waals surface area contributed by atoms with E-state index in [1.165, 1.54) is 0 Å². The first-order chi connectivity index (χ1) is 4.61. The molecule has 0 aliphatic heterocycles. The lowest BCUT2D eigenvalue weighted by Crippen LogP contribution is -1.99. The van der Waals surface area contributed by atoms with Gasteiger partial charge in [-0.2, -0.15) is 0 Å². The SMILES string of the molecule is Nc1sc(=S)[nH]c1C(=O)O. The summed E-state index contributed by atoms with van der Waals surface area (Å²) in [5.41, 5.74) is 5.26. The molecule has 54 valence electrons. The normalized spacial score (nSPS) is 9.60. The van der Waals surface area contributed by atoms with E-state index >= 15 is 0 Å². The van der Waals surface area contributed by atoms with Crippen molar-refractivity contribution >= 4 is 34.5 Å². The van der Waals surface area contributed by atoms with Crippen molar-refractivity contribution in [2.45, 2.75) is 0 Å². The minimum atomic E-state index is -1.08. The second-order valence-corrected chi connectivity index (χ2v) is 3.28. The zero-order valence-corrected chi connectivity index (χ0v) is 6.38. The van der Waals surface area contributed by atoms with Gasteiger partial charge in [0.05, 0.1) is 0 Å². The zero-order valence-electron chi connectivity index (χ0n) is 4.75. The van der Waals surface area contributed by atoms with Crippen LogP contribution < -0.4 is 5.73 Å². The van der Waals surface area contributed by atoms with Crippen molar-refractivity contribution in [3.05, 3.63) is 9.65 Å². The summed E-state index contributed by atoms with van der Waals surface area (Å²) in [7, 11) is 0. The fourth-order valence-corrected chi connectivity index (χ4v) is 1.46. The van der Waals surface area contributed by atoms with Crippen LogP contribution in [0.4, 0.5) is 5.00 Å². The molecule has 4 nitrogen and oxygen atoms in total. The molecule has 0 unspecified atom stereocenters. The van der Waals surface area contributed by atoms with Crippen molar-refractivity contribution < 1.29 is 9.90 Å². The van der Waals surface area contributed by atoms with Gasteiger partial charge < -0.3 is 15.8 Å². The Kier molecular flexibility index (Phi) is 1.73. The number of carboxylic acids is 1. The van der Waals surface area contributed by atoms with Crippen molar-refractivity contribution in [2.75, 3.05) is 5.73 Å². The lowest BCUT2D eigenvalue weighted by molar-refractivity contribution is 0.0692. The van der Waals surface area contributed by atoms with E-state index in [2.05, 4.69) is 17.2 Å². The standard InChI is InChI=1S/C4H4N2O2S2/c5-2-1(3(7)8)6-4(9)10-2/h5H2,(H,6,9)(H,7,8). The number of rotatable bonds is 1. The Hall–Kier alpha value is -0.880. The number of aromatic carboxylic acids is 1. The average Bonchev–Trinajstić information content (AvgIpc) is 2.10. The number of hydrogen-bond donors (Lipinski definition) is 3. The van der Waals surface area contributed by atoms with Gasteiger partial charge in [-0.05, 0) is 12.2 Å². The molecule has 0 atom stereocenters. The lowest BCUT2D eigenvalue weighted by atomic mass is 10.5. The summed E-state index contributed by atoms with van der Waals surface area (Å²) in [5.74, 6) is -1.08. The molecule has 0 saturated heterocycles. The number of hydrogen-bond acceptors (Lipinski definition) is 4. The highest BCUT2D eigenvalue weighted by Crippen LogP contribution is 2.16. The molecule has 1 aromatic rings. The van der Waals surface area contributed by atoms with Crippen molar-refractivity contribution in [3.8, 4) is 0 Å². The highest BCUT2D eigenvalue weighted by Gasteiger charge is 2.09. The van der Waals surface area contributed by atoms with Crippen molar-refractivity contribution in [1.82, 2.24) is 4.98 Å². The van der Waals surface area contributed by atoms with Crippen LogP contribution in [-0.4, -0.2) is 16.1 Å². The number of carboxylic acid groups (broad SMARTS) is 1.